The van der Waals surface area contributed by atoms with Crippen molar-refractivity contribution in [2.24, 2.45) is 10.9 Å². The van der Waals surface area contributed by atoms with Gasteiger partial charge in [0.05, 0.1) is 6.54 Å². The zero-order valence-electron chi connectivity index (χ0n) is 12.6. The van der Waals surface area contributed by atoms with Gasteiger partial charge in [-0.15, -0.1) is 6.42 Å². The number of piperazine rings is 1. The number of aliphatic imine (C=N–C) groups is 1. The molecule has 0 aromatic carbocycles. The normalized spacial score (nSPS) is 26.1. The molecule has 0 radical (unpaired) electrons. The van der Waals surface area contributed by atoms with Gasteiger partial charge in [0.1, 0.15) is 5.82 Å². The van der Waals surface area contributed by atoms with E-state index in [0.717, 1.165) is 25.5 Å². The Hall–Kier alpha value is -1.71. The Morgan fingerprint density at radius 3 is 2.65 bits per heavy atom. The van der Waals surface area contributed by atoms with Gasteiger partial charge in [0.15, 0.2) is 0 Å². The molecule has 3 heterocycles. The number of terminal acetylenes is 1. The molecule has 3 fully saturated rings. The van der Waals surface area contributed by atoms with Crippen molar-refractivity contribution in [2.45, 2.75) is 39.3 Å². The van der Waals surface area contributed by atoms with Crippen molar-refractivity contribution in [1.29, 1.82) is 0 Å². The van der Waals surface area contributed by atoms with Crippen molar-refractivity contribution in [1.82, 2.24) is 9.80 Å². The fraction of sp³-hybridized carbons (Fsp3) is 0.588. The SMILES string of the molecule is C#CC#CCN1C2CC1CN(C(=C/C)/N=C\C(C)C)C2. The minimum absolute atomic E-state index is 0.486. The molecule has 3 rings (SSSR count). The molecule has 0 aromatic rings. The summed E-state index contributed by atoms with van der Waals surface area (Å²) in [6, 6.07) is 1.20. The van der Waals surface area contributed by atoms with Crippen LogP contribution in [0, 0.1) is 30.1 Å². The second kappa shape index (κ2) is 6.64. The molecule has 0 aliphatic carbocycles. The number of allylic oxidation sites excluding steroid dienone is 1. The quantitative estimate of drug-likeness (QED) is 0.574. The van der Waals surface area contributed by atoms with Crippen LogP contribution in [0.15, 0.2) is 16.9 Å². The molecule has 106 valence electrons. The highest BCUT2D eigenvalue weighted by atomic mass is 15.4. The number of rotatable bonds is 4. The number of piperidine rings is 1. The predicted molar refractivity (Wildman–Crippen MR) is 84.2 cm³/mol. The molecule has 0 aromatic heterocycles. The molecule has 2 unspecified atom stereocenters. The van der Waals surface area contributed by atoms with Crippen LogP contribution in [0.2, 0.25) is 0 Å². The third-order valence-electron chi connectivity index (χ3n) is 3.85. The van der Waals surface area contributed by atoms with E-state index in [9.17, 15) is 0 Å². The zero-order chi connectivity index (χ0) is 14.5. The van der Waals surface area contributed by atoms with Gasteiger partial charge in [-0.1, -0.05) is 19.8 Å². The molecule has 2 bridgehead atoms. The molecule has 0 N–H and O–H groups in total. The Balaban J connectivity index is 1.93. The van der Waals surface area contributed by atoms with Crippen molar-refractivity contribution in [2.75, 3.05) is 19.6 Å². The Labute approximate surface area is 122 Å². The Morgan fingerprint density at radius 1 is 1.40 bits per heavy atom. The van der Waals surface area contributed by atoms with Crippen LogP contribution in [0.4, 0.5) is 0 Å². The van der Waals surface area contributed by atoms with Crippen molar-refractivity contribution in [3.05, 3.63) is 11.9 Å². The van der Waals surface area contributed by atoms with E-state index >= 15 is 0 Å². The first kappa shape index (κ1) is 14.7. The fourth-order valence-corrected chi connectivity index (χ4v) is 2.88. The van der Waals surface area contributed by atoms with Gasteiger partial charge in [-0.25, -0.2) is 4.99 Å². The maximum atomic E-state index is 5.15. The van der Waals surface area contributed by atoms with E-state index in [4.69, 9.17) is 6.42 Å². The van der Waals surface area contributed by atoms with Gasteiger partial charge in [-0.3, -0.25) is 4.90 Å². The third-order valence-corrected chi connectivity index (χ3v) is 3.85. The van der Waals surface area contributed by atoms with Crippen molar-refractivity contribution >= 4 is 6.21 Å². The molecule has 0 spiro atoms. The summed E-state index contributed by atoms with van der Waals surface area (Å²) in [7, 11) is 0. The van der Waals surface area contributed by atoms with Crippen LogP contribution in [0.1, 0.15) is 27.2 Å². The minimum Gasteiger partial charge on any atom is -0.354 e. The van der Waals surface area contributed by atoms with Gasteiger partial charge in [0.2, 0.25) is 0 Å². The highest BCUT2D eigenvalue weighted by Gasteiger charge is 2.44. The molecule has 3 aliphatic heterocycles. The number of hydrogen-bond donors (Lipinski definition) is 0. The summed E-state index contributed by atoms with van der Waals surface area (Å²) in [5, 5.41) is 0. The lowest BCUT2D eigenvalue weighted by molar-refractivity contribution is -0.0483. The van der Waals surface area contributed by atoms with Crippen LogP contribution in [-0.2, 0) is 0 Å². The van der Waals surface area contributed by atoms with E-state index in [0.29, 0.717) is 18.0 Å². The summed E-state index contributed by atoms with van der Waals surface area (Å²) < 4.78 is 0. The van der Waals surface area contributed by atoms with Crippen LogP contribution >= 0.6 is 0 Å². The number of fused-ring (bicyclic) bond motifs is 2. The second-order valence-corrected chi connectivity index (χ2v) is 5.74. The van der Waals surface area contributed by atoms with E-state index in [1.165, 1.54) is 6.42 Å². The van der Waals surface area contributed by atoms with E-state index in [2.05, 4.69) is 59.4 Å². The average molecular weight is 269 g/mol. The molecule has 2 atom stereocenters. The van der Waals surface area contributed by atoms with E-state index in [1.807, 2.05) is 6.21 Å². The molecule has 20 heavy (non-hydrogen) atoms. The predicted octanol–water partition coefficient (Wildman–Crippen LogP) is 1.97. The van der Waals surface area contributed by atoms with Gasteiger partial charge in [-0.05, 0) is 37.2 Å². The molecule has 3 saturated heterocycles. The first-order valence-electron chi connectivity index (χ1n) is 7.30. The second-order valence-electron chi connectivity index (χ2n) is 5.74. The topological polar surface area (TPSA) is 18.8 Å². The fourth-order valence-electron chi connectivity index (χ4n) is 2.88. The van der Waals surface area contributed by atoms with Crippen LogP contribution in [0.3, 0.4) is 0 Å². The standard InChI is InChI=1S/C17H23N3/c1-5-7-8-9-20-15-10-16(20)13-19(12-15)17(6-2)18-11-14(3)4/h1,6,11,14-16H,9-10,12-13H2,2-4H3/b17-6+,18-11-. The van der Waals surface area contributed by atoms with Crippen LogP contribution in [0.5, 0.6) is 0 Å². The van der Waals surface area contributed by atoms with Gasteiger partial charge in [0.25, 0.3) is 0 Å². The van der Waals surface area contributed by atoms with Crippen LogP contribution in [0.25, 0.3) is 0 Å². The maximum absolute atomic E-state index is 5.15. The lowest BCUT2D eigenvalue weighted by Gasteiger charge is -2.56. The van der Waals surface area contributed by atoms with Crippen molar-refractivity contribution in [3.8, 4) is 24.2 Å². The Bertz CT molecular complexity index is 487. The zero-order valence-corrected chi connectivity index (χ0v) is 12.6. The Morgan fingerprint density at radius 2 is 2.10 bits per heavy atom. The molecular formula is C17H23N3. The monoisotopic (exact) mass is 269 g/mol. The van der Waals surface area contributed by atoms with Gasteiger partial charge in [0, 0.05) is 31.4 Å². The summed E-state index contributed by atoms with van der Waals surface area (Å²) in [6.45, 7) is 9.25. The summed E-state index contributed by atoms with van der Waals surface area (Å²) in [5.74, 6) is 9.70. The van der Waals surface area contributed by atoms with Crippen molar-refractivity contribution in [3.63, 3.8) is 0 Å². The largest absolute Gasteiger partial charge is 0.354 e. The summed E-state index contributed by atoms with van der Waals surface area (Å²) in [4.78, 5) is 9.46. The molecular weight excluding hydrogens is 246 g/mol. The van der Waals surface area contributed by atoms with Crippen LogP contribution in [-0.4, -0.2) is 47.7 Å². The lowest BCUT2D eigenvalue weighted by atomic mass is 9.87. The van der Waals surface area contributed by atoms with Crippen molar-refractivity contribution < 1.29 is 0 Å². The van der Waals surface area contributed by atoms with E-state index in [1.54, 1.807) is 0 Å². The molecule has 3 aliphatic rings. The highest BCUT2D eigenvalue weighted by Crippen LogP contribution is 2.33. The van der Waals surface area contributed by atoms with Gasteiger partial charge >= 0.3 is 0 Å². The minimum atomic E-state index is 0.486. The summed E-state index contributed by atoms with van der Waals surface area (Å²) in [5.41, 5.74) is 0. The molecule has 3 nitrogen and oxygen atoms in total. The van der Waals surface area contributed by atoms with Gasteiger partial charge in [-0.2, -0.15) is 0 Å². The number of hydrogen-bond acceptors (Lipinski definition) is 3. The smallest absolute Gasteiger partial charge is 0.123 e. The summed E-state index contributed by atoms with van der Waals surface area (Å²) >= 11 is 0. The van der Waals surface area contributed by atoms with Gasteiger partial charge < -0.3 is 4.90 Å². The van der Waals surface area contributed by atoms with E-state index < -0.39 is 0 Å². The first-order chi connectivity index (χ1) is 9.65. The molecule has 0 amide bonds. The summed E-state index contributed by atoms with van der Waals surface area (Å²) in [6.07, 6.45) is 10.6. The first-order valence-corrected chi connectivity index (χ1v) is 7.30. The highest BCUT2D eigenvalue weighted by molar-refractivity contribution is 5.61. The number of nitrogens with zero attached hydrogens (tertiary/aromatic N) is 3. The lowest BCUT2D eigenvalue weighted by Crippen LogP contribution is -2.68. The van der Waals surface area contributed by atoms with E-state index in [-0.39, 0.29) is 0 Å². The third kappa shape index (κ3) is 3.24. The maximum Gasteiger partial charge on any atom is 0.123 e. The Kier molecular flexibility index (Phi) is 4.88. The molecule has 0 saturated carbocycles. The average Bonchev–Trinajstić information content (AvgIpc) is 2.44. The van der Waals surface area contributed by atoms with Crippen LogP contribution < -0.4 is 0 Å². The molecule has 3 heteroatoms.